The molecule has 5 heteroatoms. The zero-order valence-corrected chi connectivity index (χ0v) is 11.6. The smallest absolute Gasteiger partial charge is 0.227 e. The number of nitrogens with one attached hydrogen (secondary N) is 2. The second-order valence-corrected chi connectivity index (χ2v) is 5.29. The quantitative estimate of drug-likeness (QED) is 0.727. The normalized spacial score (nSPS) is 15.5. The SMILES string of the molecule is CC(O)CNC(=O)Cc1ccc(NC(=O)C2CC2)cc1. The number of hydrogen-bond acceptors (Lipinski definition) is 3. The molecule has 1 aromatic carbocycles. The molecule has 0 saturated heterocycles. The van der Waals surface area contributed by atoms with Gasteiger partial charge in [-0.1, -0.05) is 12.1 Å². The average molecular weight is 276 g/mol. The summed E-state index contributed by atoms with van der Waals surface area (Å²) in [6.07, 6.45) is 1.68. The van der Waals surface area contributed by atoms with Crippen LogP contribution in [0.5, 0.6) is 0 Å². The van der Waals surface area contributed by atoms with Gasteiger partial charge in [-0.05, 0) is 37.5 Å². The Kier molecular flexibility index (Phi) is 4.74. The van der Waals surface area contributed by atoms with E-state index in [2.05, 4.69) is 10.6 Å². The number of aliphatic hydroxyl groups is 1. The van der Waals surface area contributed by atoms with Crippen LogP contribution in [0.1, 0.15) is 25.3 Å². The Morgan fingerprint density at radius 3 is 2.50 bits per heavy atom. The predicted octanol–water partition coefficient (Wildman–Crippen LogP) is 1.07. The summed E-state index contributed by atoms with van der Waals surface area (Å²) in [6.45, 7) is 1.88. The summed E-state index contributed by atoms with van der Waals surface area (Å²) in [4.78, 5) is 23.2. The van der Waals surface area contributed by atoms with Gasteiger partial charge in [0.2, 0.25) is 11.8 Å². The number of rotatable bonds is 6. The highest BCUT2D eigenvalue weighted by molar-refractivity contribution is 5.94. The highest BCUT2D eigenvalue weighted by Crippen LogP contribution is 2.30. The molecule has 20 heavy (non-hydrogen) atoms. The molecular formula is C15H20N2O3. The summed E-state index contributed by atoms with van der Waals surface area (Å²) in [5.74, 6) is 0.133. The van der Waals surface area contributed by atoms with Crippen molar-refractivity contribution >= 4 is 17.5 Å². The second-order valence-electron chi connectivity index (χ2n) is 5.29. The van der Waals surface area contributed by atoms with Crippen LogP contribution in [0.15, 0.2) is 24.3 Å². The first kappa shape index (κ1) is 14.5. The van der Waals surface area contributed by atoms with Gasteiger partial charge in [-0.3, -0.25) is 9.59 Å². The summed E-state index contributed by atoms with van der Waals surface area (Å²) < 4.78 is 0. The molecule has 3 N–H and O–H groups in total. The van der Waals surface area contributed by atoms with Crippen LogP contribution < -0.4 is 10.6 Å². The van der Waals surface area contributed by atoms with Crippen LogP contribution in [0.2, 0.25) is 0 Å². The molecule has 0 aliphatic heterocycles. The first-order valence-corrected chi connectivity index (χ1v) is 6.89. The first-order valence-electron chi connectivity index (χ1n) is 6.89. The lowest BCUT2D eigenvalue weighted by Gasteiger charge is -2.08. The molecule has 1 saturated carbocycles. The molecule has 1 aliphatic rings. The van der Waals surface area contributed by atoms with Crippen molar-refractivity contribution in [1.82, 2.24) is 5.32 Å². The molecule has 1 aliphatic carbocycles. The predicted molar refractivity (Wildman–Crippen MR) is 76.2 cm³/mol. The summed E-state index contributed by atoms with van der Waals surface area (Å²) in [5.41, 5.74) is 1.63. The van der Waals surface area contributed by atoms with E-state index in [1.165, 1.54) is 0 Å². The minimum absolute atomic E-state index is 0.0763. The van der Waals surface area contributed by atoms with E-state index in [1.54, 1.807) is 19.1 Å². The third kappa shape index (κ3) is 4.66. The van der Waals surface area contributed by atoms with Gasteiger partial charge in [0.05, 0.1) is 12.5 Å². The molecule has 1 aromatic rings. The molecule has 1 atom stereocenters. The van der Waals surface area contributed by atoms with E-state index in [-0.39, 0.29) is 30.7 Å². The zero-order chi connectivity index (χ0) is 14.5. The van der Waals surface area contributed by atoms with E-state index < -0.39 is 6.10 Å². The van der Waals surface area contributed by atoms with Gasteiger partial charge in [-0.15, -0.1) is 0 Å². The third-order valence-electron chi connectivity index (χ3n) is 3.13. The van der Waals surface area contributed by atoms with Crippen LogP contribution in [0, 0.1) is 5.92 Å². The molecular weight excluding hydrogens is 256 g/mol. The van der Waals surface area contributed by atoms with Gasteiger partial charge in [0, 0.05) is 18.2 Å². The Hall–Kier alpha value is -1.88. The monoisotopic (exact) mass is 276 g/mol. The fraction of sp³-hybridized carbons (Fsp3) is 0.467. The fourth-order valence-electron chi connectivity index (χ4n) is 1.81. The first-order chi connectivity index (χ1) is 9.54. The Morgan fingerprint density at radius 1 is 1.30 bits per heavy atom. The average Bonchev–Trinajstić information content (AvgIpc) is 3.23. The molecule has 1 fully saturated rings. The Morgan fingerprint density at radius 2 is 1.95 bits per heavy atom. The van der Waals surface area contributed by atoms with Crippen molar-refractivity contribution < 1.29 is 14.7 Å². The molecule has 2 rings (SSSR count). The largest absolute Gasteiger partial charge is 0.392 e. The minimum atomic E-state index is -0.543. The van der Waals surface area contributed by atoms with Crippen LogP contribution in [0.25, 0.3) is 0 Å². The lowest BCUT2D eigenvalue weighted by molar-refractivity contribution is -0.121. The van der Waals surface area contributed by atoms with E-state index in [0.717, 1.165) is 24.1 Å². The molecule has 0 aromatic heterocycles. The molecule has 0 radical (unpaired) electrons. The molecule has 2 amide bonds. The number of hydrogen-bond donors (Lipinski definition) is 3. The Labute approximate surface area is 118 Å². The standard InChI is InChI=1S/C15H20N2O3/c1-10(18)9-16-14(19)8-11-2-6-13(7-3-11)17-15(20)12-4-5-12/h2-3,6-7,10,12,18H,4-5,8-9H2,1H3,(H,16,19)(H,17,20). The van der Waals surface area contributed by atoms with Crippen molar-refractivity contribution in [2.45, 2.75) is 32.3 Å². The highest BCUT2D eigenvalue weighted by Gasteiger charge is 2.29. The van der Waals surface area contributed by atoms with Gasteiger partial charge in [0.1, 0.15) is 0 Å². The number of carbonyl (C=O) groups excluding carboxylic acids is 2. The van der Waals surface area contributed by atoms with Crippen LogP contribution in [-0.2, 0) is 16.0 Å². The Bertz CT molecular complexity index is 478. The minimum Gasteiger partial charge on any atom is -0.392 e. The number of carbonyl (C=O) groups is 2. The lowest BCUT2D eigenvalue weighted by Crippen LogP contribution is -2.31. The number of amides is 2. The second kappa shape index (κ2) is 6.52. The number of benzene rings is 1. The van der Waals surface area contributed by atoms with E-state index in [4.69, 9.17) is 5.11 Å². The zero-order valence-electron chi connectivity index (χ0n) is 11.6. The summed E-state index contributed by atoms with van der Waals surface area (Å²) in [7, 11) is 0. The van der Waals surface area contributed by atoms with Crippen LogP contribution in [0.3, 0.4) is 0 Å². The topological polar surface area (TPSA) is 78.4 Å². The van der Waals surface area contributed by atoms with Crippen LogP contribution in [-0.4, -0.2) is 29.6 Å². The summed E-state index contributed by atoms with van der Waals surface area (Å²) in [5, 5.41) is 14.6. The van der Waals surface area contributed by atoms with E-state index in [9.17, 15) is 9.59 Å². The molecule has 0 heterocycles. The van der Waals surface area contributed by atoms with Crippen molar-refractivity contribution in [2.24, 2.45) is 5.92 Å². The van der Waals surface area contributed by atoms with Crippen molar-refractivity contribution in [2.75, 3.05) is 11.9 Å². The van der Waals surface area contributed by atoms with Gasteiger partial charge in [-0.25, -0.2) is 0 Å². The van der Waals surface area contributed by atoms with Crippen LogP contribution >= 0.6 is 0 Å². The molecule has 5 nitrogen and oxygen atoms in total. The lowest BCUT2D eigenvalue weighted by atomic mass is 10.1. The van der Waals surface area contributed by atoms with E-state index >= 15 is 0 Å². The highest BCUT2D eigenvalue weighted by atomic mass is 16.3. The summed E-state index contributed by atoms with van der Waals surface area (Å²) >= 11 is 0. The molecule has 1 unspecified atom stereocenters. The fourth-order valence-corrected chi connectivity index (χ4v) is 1.81. The molecule has 108 valence electrons. The van der Waals surface area contributed by atoms with Gasteiger partial charge in [0.15, 0.2) is 0 Å². The maximum absolute atomic E-state index is 11.6. The van der Waals surface area contributed by atoms with E-state index in [0.29, 0.717) is 0 Å². The number of anilines is 1. The van der Waals surface area contributed by atoms with Crippen molar-refractivity contribution in [3.63, 3.8) is 0 Å². The number of aliphatic hydroxyl groups excluding tert-OH is 1. The van der Waals surface area contributed by atoms with Gasteiger partial charge >= 0.3 is 0 Å². The van der Waals surface area contributed by atoms with Gasteiger partial charge in [-0.2, -0.15) is 0 Å². The summed E-state index contributed by atoms with van der Waals surface area (Å²) in [6, 6.07) is 7.25. The Balaban J connectivity index is 1.81. The molecule has 0 bridgehead atoms. The third-order valence-corrected chi connectivity index (χ3v) is 3.13. The van der Waals surface area contributed by atoms with Crippen LogP contribution in [0.4, 0.5) is 5.69 Å². The van der Waals surface area contributed by atoms with Crippen molar-refractivity contribution in [3.8, 4) is 0 Å². The maximum atomic E-state index is 11.6. The van der Waals surface area contributed by atoms with Gasteiger partial charge in [0.25, 0.3) is 0 Å². The molecule has 0 spiro atoms. The van der Waals surface area contributed by atoms with Crippen molar-refractivity contribution in [1.29, 1.82) is 0 Å². The van der Waals surface area contributed by atoms with E-state index in [1.807, 2.05) is 12.1 Å². The van der Waals surface area contributed by atoms with Crippen molar-refractivity contribution in [3.05, 3.63) is 29.8 Å². The van der Waals surface area contributed by atoms with Gasteiger partial charge < -0.3 is 15.7 Å². The maximum Gasteiger partial charge on any atom is 0.227 e.